The van der Waals surface area contributed by atoms with Crippen LogP contribution in [0.3, 0.4) is 0 Å². The normalized spacial score (nSPS) is 15.0. The van der Waals surface area contributed by atoms with E-state index in [4.69, 9.17) is 11.6 Å². The van der Waals surface area contributed by atoms with Gasteiger partial charge in [0.15, 0.2) is 4.21 Å². The number of anilines is 1. The third kappa shape index (κ3) is 3.59. The van der Waals surface area contributed by atoms with Crippen LogP contribution in [0, 0.1) is 0 Å². The third-order valence-corrected chi connectivity index (χ3v) is 8.33. The number of rotatable bonds is 3. The summed E-state index contributed by atoms with van der Waals surface area (Å²) in [5.74, 6) is 0. The first kappa shape index (κ1) is 19.2. The summed E-state index contributed by atoms with van der Waals surface area (Å²) in [6, 6.07) is 9.21. The summed E-state index contributed by atoms with van der Waals surface area (Å²) >= 11 is 6.95. The van der Waals surface area contributed by atoms with Crippen LogP contribution in [0.5, 0.6) is 0 Å². The van der Waals surface area contributed by atoms with E-state index in [9.17, 15) is 13.2 Å². The van der Waals surface area contributed by atoms with Gasteiger partial charge in [0.05, 0.1) is 10.6 Å². The quantitative estimate of drug-likeness (QED) is 0.640. The maximum atomic E-state index is 13.3. The minimum Gasteiger partial charge on any atom is -0.325 e. The monoisotopic (exact) mass is 435 g/mol. The summed E-state index contributed by atoms with van der Waals surface area (Å²) in [6.07, 6.45) is 4.61. The number of thiophene rings is 1. The molecule has 0 unspecified atom stereocenters. The Hall–Kier alpha value is -2.16. The summed E-state index contributed by atoms with van der Waals surface area (Å²) < 4.78 is 26.6. The second kappa shape index (κ2) is 7.69. The van der Waals surface area contributed by atoms with Crippen LogP contribution < -0.4 is 5.32 Å². The van der Waals surface area contributed by atoms with Gasteiger partial charge in [-0.25, -0.2) is 18.2 Å². The molecule has 2 aromatic heterocycles. The molecule has 0 aliphatic carbocycles. The number of hydrogen-bond donors (Lipinski definition) is 1. The highest BCUT2D eigenvalue weighted by Crippen LogP contribution is 2.41. The average Bonchev–Trinajstić information content (AvgIpc) is 3.08. The molecule has 0 radical (unpaired) electrons. The fourth-order valence-electron chi connectivity index (χ4n) is 3.22. The number of benzene rings is 1. The molecular formula is C19H18ClN3O3S2. The van der Waals surface area contributed by atoms with E-state index in [1.54, 1.807) is 23.2 Å². The van der Waals surface area contributed by atoms with E-state index in [1.165, 1.54) is 24.3 Å². The molecule has 0 atom stereocenters. The number of nitrogens with one attached hydrogen (secondary N) is 1. The molecule has 1 fully saturated rings. The van der Waals surface area contributed by atoms with E-state index in [2.05, 4.69) is 10.3 Å². The lowest BCUT2D eigenvalue weighted by atomic mass is 10.1. The summed E-state index contributed by atoms with van der Waals surface area (Å²) in [5, 5.41) is 3.91. The standard InChI is InChI=1S/C19H18ClN3O3S2/c20-13-6-8-14(9-7-13)28(25,26)18-16(15-5-4-10-21-17(15)27-18)22-19(24)23-11-2-1-3-12-23/h4-10H,1-3,11-12H2,(H,22,24). The van der Waals surface area contributed by atoms with Crippen molar-refractivity contribution in [1.82, 2.24) is 9.88 Å². The number of halogens is 1. The van der Waals surface area contributed by atoms with Crippen LogP contribution in [0.1, 0.15) is 19.3 Å². The SMILES string of the molecule is O=C(Nc1c(S(=O)(=O)c2ccc(Cl)cc2)sc2ncccc12)N1CCCCC1. The number of amides is 2. The predicted octanol–water partition coefficient (Wildman–Crippen LogP) is 4.80. The molecule has 1 aliphatic rings. The molecule has 0 bridgehead atoms. The van der Waals surface area contributed by atoms with E-state index in [0.29, 0.717) is 34.0 Å². The Labute approximate surface area is 172 Å². The lowest BCUT2D eigenvalue weighted by Gasteiger charge is -2.26. The zero-order valence-electron chi connectivity index (χ0n) is 14.9. The van der Waals surface area contributed by atoms with Gasteiger partial charge in [-0.15, -0.1) is 11.3 Å². The zero-order valence-corrected chi connectivity index (χ0v) is 17.3. The molecule has 0 saturated carbocycles. The van der Waals surface area contributed by atoms with Crippen molar-refractivity contribution in [2.45, 2.75) is 28.4 Å². The van der Waals surface area contributed by atoms with Crippen molar-refractivity contribution in [3.63, 3.8) is 0 Å². The highest BCUT2D eigenvalue weighted by molar-refractivity contribution is 7.93. The number of piperidine rings is 1. The van der Waals surface area contributed by atoms with Crippen LogP contribution in [0.4, 0.5) is 10.5 Å². The second-order valence-corrected chi connectivity index (χ2v) is 10.1. The Bertz CT molecular complexity index is 1120. The summed E-state index contributed by atoms with van der Waals surface area (Å²) in [4.78, 5) is 19.4. The third-order valence-electron chi connectivity index (χ3n) is 4.68. The average molecular weight is 436 g/mol. The number of carbonyl (C=O) groups is 1. The molecule has 1 saturated heterocycles. The first-order valence-corrected chi connectivity index (χ1v) is 11.6. The van der Waals surface area contributed by atoms with Crippen molar-refractivity contribution < 1.29 is 13.2 Å². The molecule has 3 aromatic rings. The number of aromatic nitrogens is 1. The fraction of sp³-hybridized carbons (Fsp3) is 0.263. The van der Waals surface area contributed by atoms with Crippen molar-refractivity contribution in [3.8, 4) is 0 Å². The van der Waals surface area contributed by atoms with Gasteiger partial charge in [-0.1, -0.05) is 11.6 Å². The molecule has 6 nitrogen and oxygen atoms in total. The van der Waals surface area contributed by atoms with Crippen molar-refractivity contribution >= 4 is 54.7 Å². The molecule has 2 amide bonds. The lowest BCUT2D eigenvalue weighted by molar-refractivity contribution is 0.200. The number of nitrogens with zero attached hydrogens (tertiary/aromatic N) is 2. The van der Waals surface area contributed by atoms with E-state index < -0.39 is 9.84 Å². The molecule has 28 heavy (non-hydrogen) atoms. The molecule has 146 valence electrons. The van der Waals surface area contributed by atoms with Crippen molar-refractivity contribution in [1.29, 1.82) is 0 Å². The van der Waals surface area contributed by atoms with Gasteiger partial charge in [0.1, 0.15) is 4.83 Å². The molecular weight excluding hydrogens is 418 g/mol. The lowest BCUT2D eigenvalue weighted by Crippen LogP contribution is -2.38. The highest BCUT2D eigenvalue weighted by Gasteiger charge is 2.28. The summed E-state index contributed by atoms with van der Waals surface area (Å²) in [7, 11) is -3.84. The molecule has 4 rings (SSSR count). The molecule has 1 aromatic carbocycles. The van der Waals surface area contributed by atoms with E-state index in [-0.39, 0.29) is 15.1 Å². The largest absolute Gasteiger partial charge is 0.325 e. The number of hydrogen-bond acceptors (Lipinski definition) is 5. The second-order valence-electron chi connectivity index (χ2n) is 6.56. The van der Waals surface area contributed by atoms with E-state index >= 15 is 0 Å². The van der Waals surface area contributed by atoms with Gasteiger partial charge in [-0.05, 0) is 55.7 Å². The maximum Gasteiger partial charge on any atom is 0.321 e. The van der Waals surface area contributed by atoms with Gasteiger partial charge >= 0.3 is 6.03 Å². The van der Waals surface area contributed by atoms with Crippen LogP contribution in [-0.4, -0.2) is 37.4 Å². The Balaban J connectivity index is 1.79. The van der Waals surface area contributed by atoms with Crippen molar-refractivity contribution in [3.05, 3.63) is 47.6 Å². The highest BCUT2D eigenvalue weighted by atomic mass is 35.5. The van der Waals surface area contributed by atoms with Gasteiger partial charge in [-0.3, -0.25) is 0 Å². The molecule has 1 aliphatic heterocycles. The number of likely N-dealkylation sites (tertiary alicyclic amines) is 1. The van der Waals surface area contributed by atoms with Crippen molar-refractivity contribution in [2.75, 3.05) is 18.4 Å². The maximum absolute atomic E-state index is 13.3. The Morgan fingerprint density at radius 3 is 2.54 bits per heavy atom. The van der Waals surface area contributed by atoms with Crippen LogP contribution in [0.25, 0.3) is 10.2 Å². The van der Waals surface area contributed by atoms with Gasteiger partial charge < -0.3 is 10.2 Å². The Kier molecular flexibility index (Phi) is 5.27. The smallest absolute Gasteiger partial charge is 0.321 e. The van der Waals surface area contributed by atoms with Crippen LogP contribution in [-0.2, 0) is 9.84 Å². The van der Waals surface area contributed by atoms with E-state index in [0.717, 1.165) is 30.6 Å². The first-order valence-electron chi connectivity index (χ1n) is 8.91. The topological polar surface area (TPSA) is 79.4 Å². The van der Waals surface area contributed by atoms with E-state index in [1.807, 2.05) is 0 Å². The predicted molar refractivity (Wildman–Crippen MR) is 111 cm³/mol. The van der Waals surface area contributed by atoms with Gasteiger partial charge in [0.25, 0.3) is 0 Å². The van der Waals surface area contributed by atoms with Crippen LogP contribution in [0.15, 0.2) is 51.7 Å². The molecule has 1 N–H and O–H groups in total. The number of sulfone groups is 1. The minimum atomic E-state index is -3.84. The molecule has 0 spiro atoms. The summed E-state index contributed by atoms with van der Waals surface area (Å²) in [5.41, 5.74) is 0.290. The van der Waals surface area contributed by atoms with Crippen LogP contribution in [0.2, 0.25) is 5.02 Å². The Morgan fingerprint density at radius 1 is 1.11 bits per heavy atom. The molecule has 3 heterocycles. The fourth-order valence-corrected chi connectivity index (χ4v) is 6.28. The minimum absolute atomic E-state index is 0.0777. The number of urea groups is 1. The van der Waals surface area contributed by atoms with Gasteiger partial charge in [0, 0.05) is 29.7 Å². The molecule has 9 heteroatoms. The van der Waals surface area contributed by atoms with Crippen molar-refractivity contribution in [2.24, 2.45) is 0 Å². The summed E-state index contributed by atoms with van der Waals surface area (Å²) in [6.45, 7) is 1.34. The number of fused-ring (bicyclic) bond motifs is 1. The van der Waals surface area contributed by atoms with Gasteiger partial charge in [0.2, 0.25) is 9.84 Å². The Morgan fingerprint density at radius 2 is 1.82 bits per heavy atom. The first-order chi connectivity index (χ1) is 13.5. The zero-order chi connectivity index (χ0) is 19.7. The van der Waals surface area contributed by atoms with Crippen LogP contribution >= 0.6 is 22.9 Å². The number of pyridine rings is 1. The number of carbonyl (C=O) groups excluding carboxylic acids is 1. The van der Waals surface area contributed by atoms with Gasteiger partial charge in [-0.2, -0.15) is 0 Å².